The molecule has 0 spiro atoms. The number of methoxy groups -OCH3 is 1. The van der Waals surface area contributed by atoms with Gasteiger partial charge in [0, 0.05) is 26.7 Å². The van der Waals surface area contributed by atoms with E-state index in [9.17, 15) is 4.79 Å². The van der Waals surface area contributed by atoms with Crippen molar-refractivity contribution in [1.29, 1.82) is 0 Å². The first-order valence-electron chi connectivity index (χ1n) is 6.74. The van der Waals surface area contributed by atoms with Gasteiger partial charge in [-0.25, -0.2) is 0 Å². The van der Waals surface area contributed by atoms with Crippen LogP contribution in [0.15, 0.2) is 24.3 Å². The van der Waals surface area contributed by atoms with Crippen molar-refractivity contribution in [3.8, 4) is 0 Å². The summed E-state index contributed by atoms with van der Waals surface area (Å²) in [6.07, 6.45) is 1.94. The molecule has 0 fully saturated rings. The van der Waals surface area contributed by atoms with Gasteiger partial charge in [-0.15, -0.1) is 12.4 Å². The van der Waals surface area contributed by atoms with Gasteiger partial charge in [0.2, 0.25) is 5.91 Å². The van der Waals surface area contributed by atoms with E-state index in [4.69, 9.17) is 4.74 Å². The molecule has 1 aromatic carbocycles. The van der Waals surface area contributed by atoms with Crippen LogP contribution in [-0.2, 0) is 22.4 Å². The SMILES string of the molecule is COCCNCC(=O)N(C)C1Cc2ccccc2C1.Cl. The second-order valence-corrected chi connectivity index (χ2v) is 5.01. The minimum Gasteiger partial charge on any atom is -0.383 e. The van der Waals surface area contributed by atoms with Crippen LogP contribution >= 0.6 is 12.4 Å². The van der Waals surface area contributed by atoms with Crippen LogP contribution in [0, 0.1) is 0 Å². The summed E-state index contributed by atoms with van der Waals surface area (Å²) < 4.78 is 4.94. The molecule has 0 atom stereocenters. The van der Waals surface area contributed by atoms with Gasteiger partial charge in [0.05, 0.1) is 13.2 Å². The number of carbonyl (C=O) groups is 1. The Morgan fingerprint density at radius 2 is 1.95 bits per heavy atom. The summed E-state index contributed by atoms with van der Waals surface area (Å²) in [6, 6.07) is 8.74. The summed E-state index contributed by atoms with van der Waals surface area (Å²) in [5, 5.41) is 3.10. The van der Waals surface area contributed by atoms with Gasteiger partial charge in [-0.2, -0.15) is 0 Å². The number of amides is 1. The van der Waals surface area contributed by atoms with E-state index in [2.05, 4.69) is 29.6 Å². The number of hydrogen-bond acceptors (Lipinski definition) is 3. The summed E-state index contributed by atoms with van der Waals surface area (Å²) >= 11 is 0. The number of rotatable bonds is 6. The molecule has 4 nitrogen and oxygen atoms in total. The van der Waals surface area contributed by atoms with E-state index in [1.165, 1.54) is 11.1 Å². The van der Waals surface area contributed by atoms with Crippen LogP contribution in [0.3, 0.4) is 0 Å². The summed E-state index contributed by atoms with van der Waals surface area (Å²) in [5.41, 5.74) is 2.75. The van der Waals surface area contributed by atoms with Crippen molar-refractivity contribution >= 4 is 18.3 Å². The quantitative estimate of drug-likeness (QED) is 0.804. The van der Waals surface area contributed by atoms with Crippen LogP contribution in [0.2, 0.25) is 0 Å². The minimum absolute atomic E-state index is 0. The first-order valence-corrected chi connectivity index (χ1v) is 6.74. The first kappa shape index (κ1) is 17.0. The van der Waals surface area contributed by atoms with Gasteiger partial charge >= 0.3 is 0 Å². The molecule has 0 unspecified atom stereocenters. The van der Waals surface area contributed by atoms with E-state index in [0.717, 1.165) is 12.8 Å². The van der Waals surface area contributed by atoms with Gasteiger partial charge in [0.25, 0.3) is 0 Å². The Labute approximate surface area is 126 Å². The molecule has 0 saturated carbocycles. The molecule has 2 rings (SSSR count). The lowest BCUT2D eigenvalue weighted by atomic mass is 10.1. The fourth-order valence-electron chi connectivity index (χ4n) is 2.51. The number of fused-ring (bicyclic) bond motifs is 1. The molecule has 0 heterocycles. The Bertz CT molecular complexity index is 415. The molecule has 5 heteroatoms. The number of carbonyl (C=O) groups excluding carboxylic acids is 1. The number of halogens is 1. The van der Waals surface area contributed by atoms with Gasteiger partial charge in [-0.3, -0.25) is 4.79 Å². The largest absolute Gasteiger partial charge is 0.383 e. The molecule has 0 radical (unpaired) electrons. The molecular formula is C15H23ClN2O2. The molecule has 1 aliphatic carbocycles. The number of ether oxygens (including phenoxy) is 1. The van der Waals surface area contributed by atoms with Crippen molar-refractivity contribution in [2.45, 2.75) is 18.9 Å². The highest BCUT2D eigenvalue weighted by Gasteiger charge is 2.26. The third-order valence-corrected chi connectivity index (χ3v) is 3.73. The predicted molar refractivity (Wildman–Crippen MR) is 82.4 cm³/mol. The highest BCUT2D eigenvalue weighted by Crippen LogP contribution is 2.24. The average Bonchev–Trinajstić information content (AvgIpc) is 2.86. The third kappa shape index (κ3) is 4.20. The first-order chi connectivity index (χ1) is 9.22. The Hall–Kier alpha value is -1.10. The molecular weight excluding hydrogens is 276 g/mol. The van der Waals surface area contributed by atoms with Crippen molar-refractivity contribution < 1.29 is 9.53 Å². The monoisotopic (exact) mass is 298 g/mol. The van der Waals surface area contributed by atoms with Gasteiger partial charge < -0.3 is 15.0 Å². The Morgan fingerprint density at radius 3 is 2.50 bits per heavy atom. The van der Waals surface area contributed by atoms with E-state index >= 15 is 0 Å². The Kier molecular flexibility index (Phi) is 6.99. The molecule has 1 N–H and O–H groups in total. The summed E-state index contributed by atoms with van der Waals surface area (Å²) in [5.74, 6) is 0.147. The Balaban J connectivity index is 0.00000200. The summed E-state index contributed by atoms with van der Waals surface area (Å²) in [4.78, 5) is 13.9. The zero-order valence-electron chi connectivity index (χ0n) is 12.1. The molecule has 0 aromatic heterocycles. The maximum absolute atomic E-state index is 12.1. The second kappa shape index (κ2) is 8.25. The standard InChI is InChI=1S/C15H22N2O2.ClH/c1-17(15(18)11-16-7-8-19-2)14-9-12-5-3-4-6-13(12)10-14;/h3-6,14,16H,7-11H2,1-2H3;1H. The molecule has 0 bridgehead atoms. The van der Waals surface area contributed by atoms with Crippen molar-refractivity contribution in [2.75, 3.05) is 33.9 Å². The van der Waals surface area contributed by atoms with Crippen LogP contribution in [0.25, 0.3) is 0 Å². The van der Waals surface area contributed by atoms with Crippen molar-refractivity contribution in [3.63, 3.8) is 0 Å². The van der Waals surface area contributed by atoms with Gasteiger partial charge in [-0.05, 0) is 24.0 Å². The number of nitrogens with zero attached hydrogens (tertiary/aromatic N) is 1. The van der Waals surface area contributed by atoms with Gasteiger partial charge in [0.15, 0.2) is 0 Å². The predicted octanol–water partition coefficient (Wildman–Crippen LogP) is 1.27. The van der Waals surface area contributed by atoms with Crippen LogP contribution in [-0.4, -0.2) is 50.7 Å². The van der Waals surface area contributed by atoms with Crippen molar-refractivity contribution in [1.82, 2.24) is 10.2 Å². The van der Waals surface area contributed by atoms with Crippen LogP contribution in [0.5, 0.6) is 0 Å². The lowest BCUT2D eigenvalue weighted by Crippen LogP contribution is -2.43. The number of nitrogens with one attached hydrogen (secondary N) is 1. The van der Waals surface area contributed by atoms with E-state index in [1.54, 1.807) is 7.11 Å². The van der Waals surface area contributed by atoms with Crippen LogP contribution in [0.4, 0.5) is 0 Å². The zero-order valence-corrected chi connectivity index (χ0v) is 12.9. The summed E-state index contributed by atoms with van der Waals surface area (Å²) in [6.45, 7) is 1.72. The van der Waals surface area contributed by atoms with Crippen molar-refractivity contribution in [2.24, 2.45) is 0 Å². The van der Waals surface area contributed by atoms with E-state index < -0.39 is 0 Å². The number of likely N-dealkylation sites (N-methyl/N-ethyl adjacent to an activating group) is 1. The fourth-order valence-corrected chi connectivity index (χ4v) is 2.51. The normalized spacial score (nSPS) is 13.7. The minimum atomic E-state index is 0. The van der Waals surface area contributed by atoms with Crippen molar-refractivity contribution in [3.05, 3.63) is 35.4 Å². The van der Waals surface area contributed by atoms with Crippen LogP contribution < -0.4 is 5.32 Å². The lowest BCUT2D eigenvalue weighted by molar-refractivity contribution is -0.130. The molecule has 112 valence electrons. The maximum atomic E-state index is 12.1. The van der Waals surface area contributed by atoms with E-state index in [-0.39, 0.29) is 18.3 Å². The highest BCUT2D eigenvalue weighted by atomic mass is 35.5. The molecule has 1 aromatic rings. The van der Waals surface area contributed by atoms with E-state index in [0.29, 0.717) is 25.7 Å². The van der Waals surface area contributed by atoms with E-state index in [1.807, 2.05) is 11.9 Å². The lowest BCUT2D eigenvalue weighted by Gasteiger charge is -2.24. The number of benzene rings is 1. The molecule has 0 aliphatic heterocycles. The second-order valence-electron chi connectivity index (χ2n) is 5.01. The Morgan fingerprint density at radius 1 is 1.35 bits per heavy atom. The smallest absolute Gasteiger partial charge is 0.236 e. The zero-order chi connectivity index (χ0) is 13.7. The molecule has 1 aliphatic rings. The fraction of sp³-hybridized carbons (Fsp3) is 0.533. The third-order valence-electron chi connectivity index (χ3n) is 3.73. The van der Waals surface area contributed by atoms with Gasteiger partial charge in [-0.1, -0.05) is 24.3 Å². The average molecular weight is 299 g/mol. The molecule has 1 amide bonds. The van der Waals surface area contributed by atoms with Crippen LogP contribution in [0.1, 0.15) is 11.1 Å². The number of hydrogen-bond donors (Lipinski definition) is 1. The molecule has 20 heavy (non-hydrogen) atoms. The highest BCUT2D eigenvalue weighted by molar-refractivity contribution is 5.85. The summed E-state index contributed by atoms with van der Waals surface area (Å²) in [7, 11) is 3.56. The molecule has 0 saturated heterocycles. The maximum Gasteiger partial charge on any atom is 0.236 e. The topological polar surface area (TPSA) is 41.6 Å². The van der Waals surface area contributed by atoms with Gasteiger partial charge in [0.1, 0.15) is 0 Å².